The first-order valence-electron chi connectivity index (χ1n) is 5.95. The summed E-state index contributed by atoms with van der Waals surface area (Å²) in [7, 11) is 0. The molecule has 1 unspecified atom stereocenters. The molecule has 3 nitrogen and oxygen atoms in total. The molecule has 0 aliphatic rings. The van der Waals surface area contributed by atoms with E-state index in [0.29, 0.717) is 19.0 Å². The van der Waals surface area contributed by atoms with E-state index in [9.17, 15) is 4.39 Å². The predicted octanol–water partition coefficient (Wildman–Crippen LogP) is 2.53. The lowest BCUT2D eigenvalue weighted by molar-refractivity contribution is 0.431. The van der Waals surface area contributed by atoms with Crippen molar-refractivity contribution in [1.29, 1.82) is 0 Å². The van der Waals surface area contributed by atoms with E-state index < -0.39 is 0 Å². The summed E-state index contributed by atoms with van der Waals surface area (Å²) in [6.45, 7) is 9.63. The van der Waals surface area contributed by atoms with E-state index in [4.69, 9.17) is 0 Å². The Balaban J connectivity index is 2.88. The van der Waals surface area contributed by atoms with Crippen molar-refractivity contribution >= 4 is 0 Å². The van der Waals surface area contributed by atoms with Gasteiger partial charge in [-0.25, -0.2) is 0 Å². The Morgan fingerprint density at radius 1 is 1.44 bits per heavy atom. The molecule has 1 N–H and O–H groups in total. The number of aromatic nitrogens is 2. The van der Waals surface area contributed by atoms with Crippen LogP contribution in [0.5, 0.6) is 0 Å². The minimum absolute atomic E-state index is 0.281. The van der Waals surface area contributed by atoms with Crippen LogP contribution in [-0.4, -0.2) is 23.0 Å². The van der Waals surface area contributed by atoms with Gasteiger partial charge in [0.1, 0.15) is 0 Å². The monoisotopic (exact) mass is 227 g/mol. The maximum Gasteiger partial charge on any atom is 0.0912 e. The van der Waals surface area contributed by atoms with Gasteiger partial charge in [0.15, 0.2) is 0 Å². The van der Waals surface area contributed by atoms with E-state index >= 15 is 0 Å². The van der Waals surface area contributed by atoms with E-state index in [0.717, 1.165) is 17.9 Å². The Kier molecular flexibility index (Phi) is 4.93. The van der Waals surface area contributed by atoms with Gasteiger partial charge >= 0.3 is 0 Å². The van der Waals surface area contributed by atoms with Crippen molar-refractivity contribution in [3.05, 3.63) is 17.0 Å². The van der Waals surface area contributed by atoms with Crippen molar-refractivity contribution in [3.8, 4) is 0 Å². The summed E-state index contributed by atoms with van der Waals surface area (Å²) in [6, 6.07) is 0.309. The normalized spacial score (nSPS) is 13.1. The van der Waals surface area contributed by atoms with Crippen LogP contribution in [0.3, 0.4) is 0 Å². The van der Waals surface area contributed by atoms with Crippen molar-refractivity contribution in [2.75, 3.05) is 13.2 Å². The van der Waals surface area contributed by atoms with Gasteiger partial charge in [-0.1, -0.05) is 6.92 Å². The van der Waals surface area contributed by atoms with Crippen molar-refractivity contribution in [3.63, 3.8) is 0 Å². The molecule has 0 radical (unpaired) electrons. The zero-order valence-corrected chi connectivity index (χ0v) is 10.7. The second-order valence-electron chi connectivity index (χ2n) is 4.13. The van der Waals surface area contributed by atoms with Gasteiger partial charge in [0.2, 0.25) is 0 Å². The molecular formula is C12H22FN3. The fraction of sp³-hybridized carbons (Fsp3) is 0.750. The second kappa shape index (κ2) is 5.99. The Morgan fingerprint density at radius 2 is 2.12 bits per heavy atom. The minimum Gasteiger partial charge on any atom is -0.310 e. The maximum absolute atomic E-state index is 12.1. The average molecular weight is 227 g/mol. The fourth-order valence-corrected chi connectivity index (χ4v) is 2.17. The van der Waals surface area contributed by atoms with Gasteiger partial charge in [-0.3, -0.25) is 9.07 Å². The summed E-state index contributed by atoms with van der Waals surface area (Å²) >= 11 is 0. The second-order valence-corrected chi connectivity index (χ2v) is 4.13. The Bertz CT molecular complexity index is 333. The van der Waals surface area contributed by atoms with Crippen molar-refractivity contribution < 1.29 is 4.39 Å². The number of rotatable bonds is 6. The quantitative estimate of drug-likeness (QED) is 0.809. The summed E-state index contributed by atoms with van der Waals surface area (Å²) in [5.41, 5.74) is 3.45. The van der Waals surface area contributed by atoms with Gasteiger partial charge in [0.25, 0.3) is 0 Å². The van der Waals surface area contributed by atoms with Gasteiger partial charge < -0.3 is 5.32 Å². The summed E-state index contributed by atoms with van der Waals surface area (Å²) in [6.07, 6.45) is 0.539. The standard InChI is InChI=1S/C12H22FN3/c1-5-14-9(2)12-10(3)15-16(11(12)4)8-6-7-13/h9,14H,5-8H2,1-4H3. The molecule has 1 aromatic heterocycles. The van der Waals surface area contributed by atoms with Gasteiger partial charge in [-0.2, -0.15) is 5.10 Å². The lowest BCUT2D eigenvalue weighted by atomic mass is 10.1. The molecular weight excluding hydrogens is 205 g/mol. The Morgan fingerprint density at radius 3 is 2.69 bits per heavy atom. The average Bonchev–Trinajstić information content (AvgIpc) is 2.51. The lowest BCUT2D eigenvalue weighted by Crippen LogP contribution is -2.19. The van der Waals surface area contributed by atoms with E-state index in [1.807, 2.05) is 11.6 Å². The van der Waals surface area contributed by atoms with E-state index in [1.54, 1.807) is 0 Å². The molecule has 0 saturated heterocycles. The number of nitrogens with zero attached hydrogens (tertiary/aromatic N) is 2. The van der Waals surface area contributed by atoms with Crippen LogP contribution in [-0.2, 0) is 6.54 Å². The van der Waals surface area contributed by atoms with Crippen molar-refractivity contribution in [1.82, 2.24) is 15.1 Å². The smallest absolute Gasteiger partial charge is 0.0912 e. The third kappa shape index (κ3) is 2.82. The molecule has 0 amide bonds. The summed E-state index contributed by atoms with van der Waals surface area (Å²) in [5.74, 6) is 0. The van der Waals surface area contributed by atoms with Crippen LogP contribution in [0.1, 0.15) is 43.3 Å². The van der Waals surface area contributed by atoms with Crippen LogP contribution >= 0.6 is 0 Å². The van der Waals surface area contributed by atoms with E-state index in [1.165, 1.54) is 5.56 Å². The van der Waals surface area contributed by atoms with Crippen LogP contribution in [0, 0.1) is 13.8 Å². The van der Waals surface area contributed by atoms with Crippen LogP contribution < -0.4 is 5.32 Å². The fourth-order valence-electron chi connectivity index (χ4n) is 2.17. The molecule has 1 heterocycles. The third-order valence-corrected chi connectivity index (χ3v) is 2.88. The lowest BCUT2D eigenvalue weighted by Gasteiger charge is -2.13. The molecule has 0 fully saturated rings. The summed E-state index contributed by atoms with van der Waals surface area (Å²) < 4.78 is 14.1. The predicted molar refractivity (Wildman–Crippen MR) is 64.4 cm³/mol. The number of aryl methyl sites for hydroxylation is 2. The highest BCUT2D eigenvalue weighted by Crippen LogP contribution is 2.21. The molecule has 4 heteroatoms. The maximum atomic E-state index is 12.1. The van der Waals surface area contributed by atoms with Gasteiger partial charge in [0, 0.05) is 23.8 Å². The summed E-state index contributed by atoms with van der Waals surface area (Å²) in [4.78, 5) is 0. The number of hydrogen-bond acceptors (Lipinski definition) is 2. The van der Waals surface area contributed by atoms with Crippen LogP contribution in [0.25, 0.3) is 0 Å². The minimum atomic E-state index is -0.281. The zero-order valence-electron chi connectivity index (χ0n) is 10.7. The first kappa shape index (κ1) is 13.2. The van der Waals surface area contributed by atoms with Gasteiger partial charge in [0.05, 0.1) is 12.4 Å². The van der Waals surface area contributed by atoms with E-state index in [2.05, 4.69) is 31.2 Å². The molecule has 92 valence electrons. The third-order valence-electron chi connectivity index (χ3n) is 2.88. The summed E-state index contributed by atoms with van der Waals surface area (Å²) in [5, 5.41) is 7.85. The molecule has 0 aromatic carbocycles. The number of hydrogen-bond donors (Lipinski definition) is 1. The van der Waals surface area contributed by atoms with Crippen LogP contribution in [0.4, 0.5) is 4.39 Å². The molecule has 0 spiro atoms. The Labute approximate surface area is 97.0 Å². The first-order chi connectivity index (χ1) is 7.61. The Hall–Kier alpha value is -0.900. The van der Waals surface area contributed by atoms with Crippen LogP contribution in [0.15, 0.2) is 0 Å². The van der Waals surface area contributed by atoms with Gasteiger partial charge in [-0.15, -0.1) is 0 Å². The highest BCUT2D eigenvalue weighted by Gasteiger charge is 2.16. The molecule has 0 bridgehead atoms. The SMILES string of the molecule is CCNC(C)c1c(C)nn(CCCF)c1C. The molecule has 1 rings (SSSR count). The van der Waals surface area contributed by atoms with Crippen molar-refractivity contribution in [2.45, 2.75) is 46.7 Å². The van der Waals surface area contributed by atoms with Gasteiger partial charge in [-0.05, 0) is 33.7 Å². The number of halogens is 1. The van der Waals surface area contributed by atoms with E-state index in [-0.39, 0.29) is 6.67 Å². The van der Waals surface area contributed by atoms with Crippen LogP contribution in [0.2, 0.25) is 0 Å². The van der Waals surface area contributed by atoms with Crippen molar-refractivity contribution in [2.24, 2.45) is 0 Å². The molecule has 0 saturated carbocycles. The molecule has 1 atom stereocenters. The first-order valence-corrected chi connectivity index (χ1v) is 5.95. The highest BCUT2D eigenvalue weighted by atomic mass is 19.1. The highest BCUT2D eigenvalue weighted by molar-refractivity contribution is 5.27. The zero-order chi connectivity index (χ0) is 12.1. The number of alkyl halides is 1. The molecule has 1 aromatic rings. The molecule has 16 heavy (non-hydrogen) atoms. The molecule has 0 aliphatic carbocycles. The largest absolute Gasteiger partial charge is 0.310 e. The molecule has 0 aliphatic heterocycles. The number of nitrogens with one attached hydrogen (secondary N) is 1. The topological polar surface area (TPSA) is 29.9 Å².